The van der Waals surface area contributed by atoms with Crippen LogP contribution in [0.25, 0.3) is 5.82 Å². The zero-order valence-electron chi connectivity index (χ0n) is 12.9. The third kappa shape index (κ3) is 3.18. The van der Waals surface area contributed by atoms with Crippen LogP contribution in [0.1, 0.15) is 25.7 Å². The first-order valence-corrected chi connectivity index (χ1v) is 8.19. The number of anilines is 1. The van der Waals surface area contributed by atoms with Crippen molar-refractivity contribution >= 4 is 11.7 Å². The van der Waals surface area contributed by atoms with Gasteiger partial charge in [0.05, 0.1) is 5.92 Å². The fourth-order valence-electron chi connectivity index (χ4n) is 2.96. The highest BCUT2D eigenvalue weighted by Crippen LogP contribution is 2.24. The van der Waals surface area contributed by atoms with Crippen molar-refractivity contribution in [2.45, 2.75) is 31.7 Å². The molecule has 1 aliphatic carbocycles. The zero-order chi connectivity index (χ0) is 15.6. The lowest BCUT2D eigenvalue weighted by Crippen LogP contribution is -2.44. The fraction of sp³-hybridized carbons (Fsp3) is 0.500. The molecule has 1 aliphatic heterocycles. The molecule has 120 valence electrons. The summed E-state index contributed by atoms with van der Waals surface area (Å²) < 4.78 is 1.68. The molecule has 4 rings (SSSR count). The highest BCUT2D eigenvalue weighted by Gasteiger charge is 2.30. The van der Waals surface area contributed by atoms with Gasteiger partial charge < -0.3 is 10.2 Å². The highest BCUT2D eigenvalue weighted by molar-refractivity contribution is 5.80. The van der Waals surface area contributed by atoms with Crippen molar-refractivity contribution in [3.05, 3.63) is 30.6 Å². The maximum atomic E-state index is 12.2. The minimum Gasteiger partial charge on any atom is -0.354 e. The molecule has 2 aromatic rings. The Morgan fingerprint density at radius 2 is 2.00 bits per heavy atom. The van der Waals surface area contributed by atoms with E-state index in [2.05, 4.69) is 25.5 Å². The van der Waals surface area contributed by atoms with E-state index in [1.807, 2.05) is 24.4 Å². The van der Waals surface area contributed by atoms with Gasteiger partial charge in [-0.3, -0.25) is 4.79 Å². The van der Waals surface area contributed by atoms with Crippen molar-refractivity contribution in [2.75, 3.05) is 18.0 Å². The van der Waals surface area contributed by atoms with Gasteiger partial charge in [0.25, 0.3) is 0 Å². The van der Waals surface area contributed by atoms with E-state index in [-0.39, 0.29) is 11.8 Å². The number of hydrogen-bond acceptors (Lipinski definition) is 5. The van der Waals surface area contributed by atoms with Crippen molar-refractivity contribution in [3.8, 4) is 5.82 Å². The Morgan fingerprint density at radius 1 is 1.17 bits per heavy atom. The standard InChI is InChI=1S/C16H20N6O/c23-16(18-13-4-5-13)12-3-1-9-21(11-12)14-6-7-15(20-19-14)22-10-2-8-17-22/h2,6-8,10,12-13H,1,3-5,9,11H2,(H,18,23)/t12-/m1/s1. The minimum atomic E-state index is 0.0527. The summed E-state index contributed by atoms with van der Waals surface area (Å²) >= 11 is 0. The average molecular weight is 312 g/mol. The first kappa shape index (κ1) is 14.2. The molecule has 1 saturated heterocycles. The summed E-state index contributed by atoms with van der Waals surface area (Å²) in [6, 6.07) is 6.13. The van der Waals surface area contributed by atoms with Crippen molar-refractivity contribution in [2.24, 2.45) is 5.92 Å². The van der Waals surface area contributed by atoms with Crippen LogP contribution in [0.3, 0.4) is 0 Å². The number of hydrogen-bond donors (Lipinski definition) is 1. The summed E-state index contributed by atoms with van der Waals surface area (Å²) in [6.45, 7) is 1.64. The second-order valence-corrected chi connectivity index (χ2v) is 6.27. The van der Waals surface area contributed by atoms with Gasteiger partial charge in [-0.25, -0.2) is 4.68 Å². The molecule has 0 aromatic carbocycles. The van der Waals surface area contributed by atoms with Crippen LogP contribution in [0.5, 0.6) is 0 Å². The van der Waals surface area contributed by atoms with Crippen LogP contribution >= 0.6 is 0 Å². The molecular formula is C16H20N6O. The second-order valence-electron chi connectivity index (χ2n) is 6.27. The van der Waals surface area contributed by atoms with E-state index in [9.17, 15) is 4.79 Å². The lowest BCUT2D eigenvalue weighted by atomic mass is 9.97. The number of carbonyl (C=O) groups excluding carboxylic acids is 1. The molecule has 1 N–H and O–H groups in total. The second kappa shape index (κ2) is 5.98. The van der Waals surface area contributed by atoms with Gasteiger partial charge in [0, 0.05) is 31.5 Å². The van der Waals surface area contributed by atoms with Crippen LogP contribution in [-0.4, -0.2) is 45.0 Å². The van der Waals surface area contributed by atoms with Crippen molar-refractivity contribution in [1.82, 2.24) is 25.3 Å². The van der Waals surface area contributed by atoms with Crippen molar-refractivity contribution < 1.29 is 4.79 Å². The van der Waals surface area contributed by atoms with Crippen LogP contribution in [-0.2, 0) is 4.79 Å². The topological polar surface area (TPSA) is 75.9 Å². The Labute approximate surface area is 134 Å². The van der Waals surface area contributed by atoms with E-state index in [0.29, 0.717) is 18.4 Å². The molecule has 1 saturated carbocycles. The molecule has 1 atom stereocenters. The monoisotopic (exact) mass is 312 g/mol. The number of nitrogens with one attached hydrogen (secondary N) is 1. The lowest BCUT2D eigenvalue weighted by molar-refractivity contribution is -0.125. The molecule has 0 spiro atoms. The zero-order valence-corrected chi connectivity index (χ0v) is 12.9. The van der Waals surface area contributed by atoms with Crippen LogP contribution in [0.2, 0.25) is 0 Å². The number of piperidine rings is 1. The minimum absolute atomic E-state index is 0.0527. The average Bonchev–Trinajstić information content (AvgIpc) is 3.24. The molecule has 23 heavy (non-hydrogen) atoms. The SMILES string of the molecule is O=C(NC1CC1)[C@@H]1CCCN(c2ccc(-n3cccn3)nn2)C1. The number of nitrogens with zero attached hydrogens (tertiary/aromatic N) is 5. The molecule has 0 unspecified atom stereocenters. The molecule has 0 bridgehead atoms. The predicted octanol–water partition coefficient (Wildman–Crippen LogP) is 1.16. The summed E-state index contributed by atoms with van der Waals surface area (Å²) in [6.07, 6.45) is 7.76. The van der Waals surface area contributed by atoms with E-state index in [1.54, 1.807) is 10.9 Å². The summed E-state index contributed by atoms with van der Waals surface area (Å²) in [5.74, 6) is 1.76. The predicted molar refractivity (Wildman–Crippen MR) is 85.3 cm³/mol. The van der Waals surface area contributed by atoms with Crippen molar-refractivity contribution in [1.29, 1.82) is 0 Å². The van der Waals surface area contributed by atoms with E-state index >= 15 is 0 Å². The van der Waals surface area contributed by atoms with Gasteiger partial charge in [0.1, 0.15) is 0 Å². The van der Waals surface area contributed by atoms with Gasteiger partial charge in [0.2, 0.25) is 5.91 Å². The lowest BCUT2D eigenvalue weighted by Gasteiger charge is -2.32. The highest BCUT2D eigenvalue weighted by atomic mass is 16.2. The van der Waals surface area contributed by atoms with Crippen LogP contribution in [0, 0.1) is 5.92 Å². The Balaban J connectivity index is 1.43. The Morgan fingerprint density at radius 3 is 2.70 bits per heavy atom. The summed E-state index contributed by atoms with van der Waals surface area (Å²) in [4.78, 5) is 14.4. The summed E-state index contributed by atoms with van der Waals surface area (Å²) in [5.41, 5.74) is 0. The van der Waals surface area contributed by atoms with Gasteiger partial charge in [-0.05, 0) is 43.9 Å². The molecule has 7 nitrogen and oxygen atoms in total. The number of amides is 1. The maximum absolute atomic E-state index is 12.2. The summed E-state index contributed by atoms with van der Waals surface area (Å²) in [5, 5.41) is 15.8. The van der Waals surface area contributed by atoms with Crippen LogP contribution in [0.15, 0.2) is 30.6 Å². The Kier molecular flexibility index (Phi) is 3.69. The van der Waals surface area contributed by atoms with Gasteiger partial charge in [0.15, 0.2) is 11.6 Å². The molecule has 2 aromatic heterocycles. The van der Waals surface area contributed by atoms with Gasteiger partial charge in [-0.2, -0.15) is 5.10 Å². The van der Waals surface area contributed by atoms with E-state index in [1.165, 1.54) is 0 Å². The van der Waals surface area contributed by atoms with E-state index in [4.69, 9.17) is 0 Å². The van der Waals surface area contributed by atoms with Crippen molar-refractivity contribution in [3.63, 3.8) is 0 Å². The largest absolute Gasteiger partial charge is 0.354 e. The Hall–Kier alpha value is -2.44. The van der Waals surface area contributed by atoms with Crippen LogP contribution in [0.4, 0.5) is 5.82 Å². The third-order valence-electron chi connectivity index (χ3n) is 4.42. The first-order chi connectivity index (χ1) is 11.3. The molecule has 7 heteroatoms. The normalized spacial score (nSPS) is 21.2. The first-order valence-electron chi connectivity index (χ1n) is 8.19. The van der Waals surface area contributed by atoms with Gasteiger partial charge in [-0.1, -0.05) is 0 Å². The molecular weight excluding hydrogens is 292 g/mol. The molecule has 2 aliphatic rings. The number of aromatic nitrogens is 4. The smallest absolute Gasteiger partial charge is 0.225 e. The van der Waals surface area contributed by atoms with Gasteiger partial charge in [-0.15, -0.1) is 10.2 Å². The molecule has 0 radical (unpaired) electrons. The van der Waals surface area contributed by atoms with E-state index in [0.717, 1.165) is 38.0 Å². The number of carbonyl (C=O) groups is 1. The fourth-order valence-corrected chi connectivity index (χ4v) is 2.96. The summed E-state index contributed by atoms with van der Waals surface area (Å²) in [7, 11) is 0. The molecule has 2 fully saturated rings. The number of rotatable bonds is 4. The Bertz CT molecular complexity index is 664. The van der Waals surface area contributed by atoms with Gasteiger partial charge >= 0.3 is 0 Å². The quantitative estimate of drug-likeness (QED) is 0.917. The molecule has 1 amide bonds. The third-order valence-corrected chi connectivity index (χ3v) is 4.42. The molecule has 3 heterocycles. The van der Waals surface area contributed by atoms with E-state index < -0.39 is 0 Å². The van der Waals surface area contributed by atoms with Crippen LogP contribution < -0.4 is 10.2 Å². The maximum Gasteiger partial charge on any atom is 0.225 e.